The van der Waals surface area contributed by atoms with Gasteiger partial charge in [0.2, 0.25) is 6.41 Å². The molecule has 1 aromatic carbocycles. The van der Waals surface area contributed by atoms with Crippen LogP contribution in [0.4, 0.5) is 0 Å². The van der Waals surface area contributed by atoms with E-state index in [2.05, 4.69) is 42.6 Å². The molecule has 1 heterocycles. The zero-order valence-corrected chi connectivity index (χ0v) is 10.7. The van der Waals surface area contributed by atoms with Crippen LogP contribution < -0.4 is 5.32 Å². The highest BCUT2D eigenvalue weighted by Crippen LogP contribution is 2.23. The second-order valence-corrected chi connectivity index (χ2v) is 4.42. The Balaban J connectivity index is 2.13. The molecular weight excluding hydrogens is 226 g/mol. The molecule has 0 spiro atoms. The molecule has 1 amide bonds. The van der Waals surface area contributed by atoms with E-state index in [0.717, 1.165) is 31.4 Å². The van der Waals surface area contributed by atoms with Gasteiger partial charge in [-0.1, -0.05) is 37.3 Å². The van der Waals surface area contributed by atoms with Gasteiger partial charge < -0.3 is 10.1 Å². The predicted molar refractivity (Wildman–Crippen MR) is 72.1 cm³/mol. The van der Waals surface area contributed by atoms with Gasteiger partial charge >= 0.3 is 0 Å². The van der Waals surface area contributed by atoms with Crippen LogP contribution in [0.5, 0.6) is 0 Å². The van der Waals surface area contributed by atoms with Crippen molar-refractivity contribution in [3.8, 4) is 0 Å². The number of carbonyl (C=O) groups is 1. The van der Waals surface area contributed by atoms with Crippen molar-refractivity contribution in [2.45, 2.75) is 25.8 Å². The second-order valence-electron chi connectivity index (χ2n) is 4.42. The molecule has 1 aliphatic rings. The fraction of sp³-hybridized carbons (Fsp3) is 0.400. The number of rotatable bonds is 5. The number of ether oxygens (including phenoxy) is 1. The van der Waals surface area contributed by atoms with Gasteiger partial charge in [0.05, 0.1) is 19.3 Å². The van der Waals surface area contributed by atoms with Gasteiger partial charge in [-0.2, -0.15) is 0 Å². The third kappa shape index (κ3) is 2.99. The third-order valence-electron chi connectivity index (χ3n) is 3.32. The highest BCUT2D eigenvalue weighted by molar-refractivity contribution is 5.66. The molecule has 0 aromatic heterocycles. The van der Waals surface area contributed by atoms with Crippen LogP contribution in [0, 0.1) is 0 Å². The standard InChI is InChI=1S/C15H19NO2/c1-2-15(16-11-17)14-5-3-12(4-6-14)13-7-9-18-10-8-13/h3-7,11,15H,2,8-10H2,1H3,(H,16,17). The number of amides is 1. The Bertz CT molecular complexity index is 423. The molecule has 0 saturated carbocycles. The Morgan fingerprint density at radius 1 is 1.39 bits per heavy atom. The minimum atomic E-state index is 0.111. The lowest BCUT2D eigenvalue weighted by Crippen LogP contribution is -2.18. The Hall–Kier alpha value is -1.61. The van der Waals surface area contributed by atoms with Crippen LogP contribution in [-0.2, 0) is 9.53 Å². The van der Waals surface area contributed by atoms with Crippen molar-refractivity contribution in [3.63, 3.8) is 0 Å². The lowest BCUT2D eigenvalue weighted by molar-refractivity contribution is -0.110. The molecule has 1 unspecified atom stereocenters. The first-order chi connectivity index (χ1) is 8.85. The van der Waals surface area contributed by atoms with Crippen LogP contribution in [0.15, 0.2) is 30.3 Å². The van der Waals surface area contributed by atoms with E-state index in [4.69, 9.17) is 4.74 Å². The van der Waals surface area contributed by atoms with Crippen molar-refractivity contribution in [1.29, 1.82) is 0 Å². The lowest BCUT2D eigenvalue weighted by atomic mass is 9.97. The quantitative estimate of drug-likeness (QED) is 0.810. The van der Waals surface area contributed by atoms with E-state index in [9.17, 15) is 4.79 Å². The third-order valence-corrected chi connectivity index (χ3v) is 3.32. The molecule has 18 heavy (non-hydrogen) atoms. The van der Waals surface area contributed by atoms with Gasteiger partial charge in [-0.05, 0) is 29.5 Å². The normalized spacial score (nSPS) is 16.8. The topological polar surface area (TPSA) is 38.3 Å². The monoisotopic (exact) mass is 245 g/mol. The average Bonchev–Trinajstić information content (AvgIpc) is 2.46. The summed E-state index contributed by atoms with van der Waals surface area (Å²) in [6, 6.07) is 8.55. The maximum atomic E-state index is 10.5. The summed E-state index contributed by atoms with van der Waals surface area (Å²) in [5.41, 5.74) is 3.76. The summed E-state index contributed by atoms with van der Waals surface area (Å²) in [5, 5.41) is 2.83. The van der Waals surface area contributed by atoms with E-state index in [1.165, 1.54) is 11.1 Å². The van der Waals surface area contributed by atoms with Crippen LogP contribution >= 0.6 is 0 Å². The Kier molecular flexibility index (Phi) is 4.53. The van der Waals surface area contributed by atoms with E-state index < -0.39 is 0 Å². The van der Waals surface area contributed by atoms with E-state index in [1.54, 1.807) is 0 Å². The van der Waals surface area contributed by atoms with Crippen molar-refractivity contribution in [2.24, 2.45) is 0 Å². The molecule has 0 fully saturated rings. The molecule has 1 aliphatic heterocycles. The minimum absolute atomic E-state index is 0.111. The van der Waals surface area contributed by atoms with Crippen molar-refractivity contribution in [1.82, 2.24) is 5.32 Å². The Labute approximate surface area is 108 Å². The van der Waals surface area contributed by atoms with Gasteiger partial charge in [0.15, 0.2) is 0 Å². The molecule has 0 bridgehead atoms. The van der Waals surface area contributed by atoms with Gasteiger partial charge in [-0.3, -0.25) is 4.79 Å². The van der Waals surface area contributed by atoms with E-state index in [-0.39, 0.29) is 6.04 Å². The van der Waals surface area contributed by atoms with Gasteiger partial charge in [0.25, 0.3) is 0 Å². The Morgan fingerprint density at radius 3 is 2.72 bits per heavy atom. The summed E-state index contributed by atoms with van der Waals surface area (Å²) in [6.07, 6.45) is 4.78. The molecule has 1 atom stereocenters. The summed E-state index contributed by atoms with van der Waals surface area (Å²) >= 11 is 0. The maximum Gasteiger partial charge on any atom is 0.207 e. The molecule has 0 saturated heterocycles. The number of nitrogens with one attached hydrogen (secondary N) is 1. The van der Waals surface area contributed by atoms with Crippen LogP contribution in [0.25, 0.3) is 5.57 Å². The highest BCUT2D eigenvalue weighted by Gasteiger charge is 2.09. The number of hydrogen-bond donors (Lipinski definition) is 1. The molecule has 0 radical (unpaired) electrons. The van der Waals surface area contributed by atoms with Gasteiger partial charge in [-0.25, -0.2) is 0 Å². The minimum Gasteiger partial charge on any atom is -0.377 e. The second kappa shape index (κ2) is 6.36. The van der Waals surface area contributed by atoms with Crippen molar-refractivity contribution in [2.75, 3.05) is 13.2 Å². The molecule has 1 N–H and O–H groups in total. The largest absolute Gasteiger partial charge is 0.377 e. The molecule has 96 valence electrons. The lowest BCUT2D eigenvalue weighted by Gasteiger charge is -2.17. The summed E-state index contributed by atoms with van der Waals surface area (Å²) < 4.78 is 5.31. The first kappa shape index (κ1) is 12.8. The van der Waals surface area contributed by atoms with E-state index in [1.807, 2.05) is 0 Å². The summed E-state index contributed by atoms with van der Waals surface area (Å²) in [5.74, 6) is 0. The molecular formula is C15H19NO2. The first-order valence-electron chi connectivity index (χ1n) is 6.42. The highest BCUT2D eigenvalue weighted by atomic mass is 16.5. The van der Waals surface area contributed by atoms with Crippen molar-refractivity contribution >= 4 is 12.0 Å². The van der Waals surface area contributed by atoms with Gasteiger partial charge in [0, 0.05) is 0 Å². The molecule has 0 aliphatic carbocycles. The van der Waals surface area contributed by atoms with Crippen LogP contribution in [0.1, 0.15) is 36.9 Å². The predicted octanol–water partition coefficient (Wildman–Crippen LogP) is 2.69. The molecule has 3 heteroatoms. The fourth-order valence-electron chi connectivity index (χ4n) is 2.25. The SMILES string of the molecule is CCC(NC=O)c1ccc(C2=CCOCC2)cc1. The summed E-state index contributed by atoms with van der Waals surface area (Å²) in [6.45, 7) is 3.58. The summed E-state index contributed by atoms with van der Waals surface area (Å²) in [7, 11) is 0. The zero-order valence-electron chi connectivity index (χ0n) is 10.7. The van der Waals surface area contributed by atoms with Crippen LogP contribution in [0.3, 0.4) is 0 Å². The maximum absolute atomic E-state index is 10.5. The smallest absolute Gasteiger partial charge is 0.207 e. The van der Waals surface area contributed by atoms with Crippen LogP contribution in [-0.4, -0.2) is 19.6 Å². The zero-order chi connectivity index (χ0) is 12.8. The van der Waals surface area contributed by atoms with Crippen molar-refractivity contribution < 1.29 is 9.53 Å². The number of benzene rings is 1. The van der Waals surface area contributed by atoms with Crippen molar-refractivity contribution in [3.05, 3.63) is 41.5 Å². The summed E-state index contributed by atoms with van der Waals surface area (Å²) in [4.78, 5) is 10.5. The van der Waals surface area contributed by atoms with Gasteiger partial charge in [0.1, 0.15) is 0 Å². The van der Waals surface area contributed by atoms with Crippen LogP contribution in [0.2, 0.25) is 0 Å². The fourth-order valence-corrected chi connectivity index (χ4v) is 2.25. The molecule has 2 rings (SSSR count). The van der Waals surface area contributed by atoms with Gasteiger partial charge in [-0.15, -0.1) is 0 Å². The molecule has 3 nitrogen and oxygen atoms in total. The van der Waals surface area contributed by atoms with E-state index >= 15 is 0 Å². The Morgan fingerprint density at radius 2 is 2.17 bits per heavy atom. The molecule has 1 aromatic rings. The van der Waals surface area contributed by atoms with E-state index in [0.29, 0.717) is 6.61 Å². The first-order valence-corrected chi connectivity index (χ1v) is 6.42. The number of carbonyl (C=O) groups excluding carboxylic acids is 1. The average molecular weight is 245 g/mol. The number of hydrogen-bond acceptors (Lipinski definition) is 2.